The van der Waals surface area contributed by atoms with Gasteiger partial charge >= 0.3 is 5.63 Å². The van der Waals surface area contributed by atoms with Gasteiger partial charge in [0.2, 0.25) is 5.43 Å². The average molecular weight is 634 g/mol. The van der Waals surface area contributed by atoms with E-state index in [1.54, 1.807) is 42.5 Å². The van der Waals surface area contributed by atoms with Crippen LogP contribution in [0.15, 0.2) is 122 Å². The highest BCUT2D eigenvalue weighted by Gasteiger charge is 2.27. The second-order valence-corrected chi connectivity index (χ2v) is 11.0. The molecule has 1 unspecified atom stereocenters. The minimum atomic E-state index is -0.769. The number of nitro groups is 1. The molecule has 47 heavy (non-hydrogen) atoms. The summed E-state index contributed by atoms with van der Waals surface area (Å²) in [4.78, 5) is 47.2. The van der Waals surface area contributed by atoms with Crippen molar-refractivity contribution in [3.05, 3.63) is 156 Å². The summed E-state index contributed by atoms with van der Waals surface area (Å²) in [6.45, 7) is 3.36. The molecule has 2 heterocycles. The van der Waals surface area contributed by atoms with Crippen LogP contribution < -0.4 is 11.1 Å². The Balaban J connectivity index is 0.000000189. The summed E-state index contributed by atoms with van der Waals surface area (Å²) in [5.41, 5.74) is 1.44. The maximum Gasteiger partial charge on any atom is 0.343 e. The summed E-state index contributed by atoms with van der Waals surface area (Å²) in [6.07, 6.45) is 0.662. The number of para-hydroxylation sites is 2. The number of non-ortho nitro benzene ring substituents is 1. The normalized spacial score (nSPS) is 12.2. The molecule has 2 N–H and O–H groups in total. The molecular weight excluding hydrogens is 602 g/mol. The first-order valence-corrected chi connectivity index (χ1v) is 14.9. The lowest BCUT2D eigenvalue weighted by atomic mass is 9.87. The van der Waals surface area contributed by atoms with Crippen LogP contribution in [-0.2, 0) is 4.79 Å². The fraction of sp³-hybridized carbons (Fsp3) is 0.162. The topological polar surface area (TPSA) is 161 Å². The summed E-state index contributed by atoms with van der Waals surface area (Å²) >= 11 is 0. The molecule has 10 nitrogen and oxygen atoms in total. The minimum absolute atomic E-state index is 0.0255. The average Bonchev–Trinajstić information content (AvgIpc) is 3.07. The van der Waals surface area contributed by atoms with E-state index in [0.717, 1.165) is 5.56 Å². The van der Waals surface area contributed by atoms with E-state index in [1.165, 1.54) is 31.2 Å². The monoisotopic (exact) mass is 633 g/mol. The largest absolute Gasteiger partial charge is 0.507 e. The lowest BCUT2D eigenvalue weighted by Gasteiger charge is -2.17. The zero-order chi connectivity index (χ0) is 33.7. The number of benzene rings is 4. The summed E-state index contributed by atoms with van der Waals surface area (Å²) in [5.74, 6) is -1.67. The van der Waals surface area contributed by atoms with E-state index in [-0.39, 0.29) is 46.1 Å². The molecule has 0 aliphatic heterocycles. The predicted molar refractivity (Wildman–Crippen MR) is 177 cm³/mol. The van der Waals surface area contributed by atoms with Crippen molar-refractivity contribution in [3.63, 3.8) is 0 Å². The molecule has 0 saturated heterocycles. The van der Waals surface area contributed by atoms with Gasteiger partial charge < -0.3 is 19.0 Å². The Bertz CT molecular complexity index is 2190. The van der Waals surface area contributed by atoms with Gasteiger partial charge in [0, 0.05) is 30.4 Å². The number of carbonyl (C=O) groups excluding carboxylic acids is 1. The number of Topliss-reactive ketones (excluding diaryl/α,β-unsaturated/α-hetero) is 1. The molecule has 4 aromatic carbocycles. The molecule has 6 rings (SSSR count). The van der Waals surface area contributed by atoms with Crippen molar-refractivity contribution < 1.29 is 28.8 Å². The molecule has 0 amide bonds. The first-order chi connectivity index (χ1) is 22.6. The molecule has 0 spiro atoms. The van der Waals surface area contributed by atoms with Gasteiger partial charge in [-0.3, -0.25) is 19.7 Å². The quantitative estimate of drug-likeness (QED) is 0.0979. The van der Waals surface area contributed by atoms with Gasteiger partial charge in [0.05, 0.1) is 26.8 Å². The smallest absolute Gasteiger partial charge is 0.343 e. The van der Waals surface area contributed by atoms with Gasteiger partial charge in [0.15, 0.2) is 0 Å². The number of hydrogen-bond donors (Lipinski definition) is 2. The first-order valence-electron chi connectivity index (χ1n) is 14.9. The highest BCUT2D eigenvalue weighted by molar-refractivity contribution is 5.84. The van der Waals surface area contributed by atoms with Gasteiger partial charge in [-0.05, 0) is 48.7 Å². The van der Waals surface area contributed by atoms with Crippen LogP contribution in [0, 0.1) is 10.1 Å². The highest BCUT2D eigenvalue weighted by atomic mass is 16.6. The molecular formula is C37H31NO9. The maximum atomic E-state index is 12.9. The minimum Gasteiger partial charge on any atom is -0.507 e. The number of nitrogens with zero attached hydrogens (tertiary/aromatic N) is 1. The van der Waals surface area contributed by atoms with E-state index < -0.39 is 27.8 Å². The van der Waals surface area contributed by atoms with Crippen molar-refractivity contribution >= 4 is 33.4 Å². The second-order valence-electron chi connectivity index (χ2n) is 11.0. The Labute approximate surface area is 268 Å². The lowest BCUT2D eigenvalue weighted by molar-refractivity contribution is -0.384. The van der Waals surface area contributed by atoms with E-state index >= 15 is 0 Å². The molecule has 0 aliphatic carbocycles. The molecule has 0 aliphatic rings. The van der Waals surface area contributed by atoms with Gasteiger partial charge in [-0.25, -0.2) is 4.79 Å². The van der Waals surface area contributed by atoms with Crippen LogP contribution in [0.1, 0.15) is 60.8 Å². The van der Waals surface area contributed by atoms with Gasteiger partial charge in [-0.1, -0.05) is 73.7 Å². The fourth-order valence-corrected chi connectivity index (χ4v) is 5.70. The Kier molecular flexibility index (Phi) is 9.60. The Hall–Kier alpha value is -6.03. The van der Waals surface area contributed by atoms with E-state index in [0.29, 0.717) is 28.5 Å². The molecule has 2 aromatic heterocycles. The summed E-state index contributed by atoms with van der Waals surface area (Å²) in [7, 11) is 0. The molecule has 0 saturated carbocycles. The van der Waals surface area contributed by atoms with Gasteiger partial charge in [-0.15, -0.1) is 0 Å². The Morgan fingerprint density at radius 2 is 1.30 bits per heavy atom. The molecule has 2 atom stereocenters. The van der Waals surface area contributed by atoms with Crippen LogP contribution in [0.3, 0.4) is 0 Å². The standard InChI is InChI=1S/C19H15NO6.C18H16O3/c1-11(21)10-15(12-6-8-13(9-7-12)20(24)25)17-18(22)14-4-2-3-5-16(14)26-19(17)23;1-2-13(12-8-4-3-5-9-12)16-17(19)14-10-6-7-11-15(14)21-18(16)20/h2-9,15,23H,10H2,1H3;3-11,13,19H,2H2,1H3/t15-;/m0./s1. The second kappa shape index (κ2) is 13.9. The number of aromatic hydroxyl groups is 2. The molecule has 0 radical (unpaired) electrons. The van der Waals surface area contributed by atoms with Crippen LogP contribution in [0.5, 0.6) is 11.7 Å². The van der Waals surface area contributed by atoms with Crippen molar-refractivity contribution in [2.45, 2.75) is 38.5 Å². The predicted octanol–water partition coefficient (Wildman–Crippen LogP) is 7.56. The summed E-state index contributed by atoms with van der Waals surface area (Å²) < 4.78 is 10.7. The molecule has 10 heteroatoms. The van der Waals surface area contributed by atoms with Gasteiger partial charge in [-0.2, -0.15) is 0 Å². The van der Waals surface area contributed by atoms with Crippen LogP contribution in [-0.4, -0.2) is 20.9 Å². The van der Waals surface area contributed by atoms with E-state index in [2.05, 4.69) is 0 Å². The number of ketones is 1. The summed E-state index contributed by atoms with van der Waals surface area (Å²) in [6, 6.07) is 28.8. The van der Waals surface area contributed by atoms with Gasteiger partial charge in [0.1, 0.15) is 22.7 Å². The van der Waals surface area contributed by atoms with Crippen molar-refractivity contribution in [3.8, 4) is 11.7 Å². The van der Waals surface area contributed by atoms with E-state index in [1.807, 2.05) is 43.3 Å². The van der Waals surface area contributed by atoms with Crippen molar-refractivity contribution in [1.82, 2.24) is 0 Å². The van der Waals surface area contributed by atoms with Crippen molar-refractivity contribution in [1.29, 1.82) is 0 Å². The van der Waals surface area contributed by atoms with Crippen LogP contribution in [0.2, 0.25) is 0 Å². The Morgan fingerprint density at radius 3 is 1.89 bits per heavy atom. The third-order valence-electron chi connectivity index (χ3n) is 7.94. The maximum absolute atomic E-state index is 12.9. The lowest BCUT2D eigenvalue weighted by Crippen LogP contribution is -2.17. The zero-order valence-corrected chi connectivity index (χ0v) is 25.6. The SMILES string of the molecule is CC(=O)C[C@@H](c1ccc([N+](=O)[O-])cc1)c1c(O)oc2ccccc2c1=O.CCC(c1ccccc1)c1c(O)c2ccccc2oc1=O. The van der Waals surface area contributed by atoms with Crippen molar-refractivity contribution in [2.75, 3.05) is 0 Å². The Morgan fingerprint density at radius 1 is 0.745 bits per heavy atom. The first kappa shape index (κ1) is 32.4. The van der Waals surface area contributed by atoms with E-state index in [4.69, 9.17) is 8.83 Å². The molecule has 238 valence electrons. The number of hydrogen-bond acceptors (Lipinski definition) is 9. The fourth-order valence-electron chi connectivity index (χ4n) is 5.70. The third-order valence-corrected chi connectivity index (χ3v) is 7.94. The number of fused-ring (bicyclic) bond motifs is 2. The summed E-state index contributed by atoms with van der Waals surface area (Å²) in [5, 5.41) is 32.5. The van der Waals surface area contributed by atoms with Crippen LogP contribution in [0.4, 0.5) is 5.69 Å². The van der Waals surface area contributed by atoms with E-state index in [9.17, 15) is 34.7 Å². The highest BCUT2D eigenvalue weighted by Crippen LogP contribution is 2.36. The van der Waals surface area contributed by atoms with Crippen molar-refractivity contribution in [2.24, 2.45) is 0 Å². The van der Waals surface area contributed by atoms with Gasteiger partial charge in [0.25, 0.3) is 11.6 Å². The zero-order valence-electron chi connectivity index (χ0n) is 25.6. The molecule has 6 aromatic rings. The van der Waals surface area contributed by atoms with Crippen LogP contribution >= 0.6 is 0 Å². The third kappa shape index (κ3) is 6.81. The molecule has 0 fully saturated rings. The number of carbonyl (C=O) groups is 1. The molecule has 0 bridgehead atoms. The number of nitro benzene ring substituents is 1. The van der Waals surface area contributed by atoms with Crippen LogP contribution in [0.25, 0.3) is 21.9 Å². The number of rotatable bonds is 8.